The number of hydrogen-bond acceptors (Lipinski definition) is 2. The Bertz CT molecular complexity index is 377. The third-order valence-corrected chi connectivity index (χ3v) is 2.54. The Hall–Kier alpha value is -1.39. The number of ether oxygens (including phenoxy) is 1. The zero-order valence-corrected chi connectivity index (χ0v) is 10.6. The Morgan fingerprint density at radius 1 is 1.17 bits per heavy atom. The fourth-order valence-corrected chi connectivity index (χ4v) is 1.53. The topological polar surface area (TPSA) is 21.3 Å². The standard InChI is InChI=1S/C13H18F3NO/c1-3-4-5-6-18-12-8-10(13(14,15)16)7-11(9-12)17-2/h7-9,17H,3-6H2,1-2H3. The molecule has 0 atom stereocenters. The zero-order valence-electron chi connectivity index (χ0n) is 10.6. The number of unbranched alkanes of at least 4 members (excludes halogenated alkanes) is 2. The van der Waals surface area contributed by atoms with Crippen LogP contribution in [0.3, 0.4) is 0 Å². The van der Waals surface area contributed by atoms with Gasteiger partial charge in [0, 0.05) is 18.8 Å². The highest BCUT2D eigenvalue weighted by Gasteiger charge is 2.31. The smallest absolute Gasteiger partial charge is 0.416 e. The molecule has 0 bridgehead atoms. The van der Waals surface area contributed by atoms with Crippen molar-refractivity contribution in [3.8, 4) is 5.75 Å². The lowest BCUT2D eigenvalue weighted by Crippen LogP contribution is -2.07. The van der Waals surface area contributed by atoms with E-state index in [1.54, 1.807) is 13.1 Å². The van der Waals surface area contributed by atoms with E-state index < -0.39 is 11.7 Å². The van der Waals surface area contributed by atoms with Gasteiger partial charge >= 0.3 is 6.18 Å². The molecule has 0 radical (unpaired) electrons. The third-order valence-electron chi connectivity index (χ3n) is 2.54. The average molecular weight is 261 g/mol. The van der Waals surface area contributed by atoms with Crippen molar-refractivity contribution in [2.24, 2.45) is 0 Å². The second kappa shape index (κ2) is 6.52. The molecule has 1 aromatic rings. The molecule has 18 heavy (non-hydrogen) atoms. The van der Waals surface area contributed by atoms with E-state index in [0.29, 0.717) is 12.3 Å². The van der Waals surface area contributed by atoms with Crippen molar-refractivity contribution >= 4 is 5.69 Å². The van der Waals surface area contributed by atoms with Crippen LogP contribution in [0.25, 0.3) is 0 Å². The third kappa shape index (κ3) is 4.47. The van der Waals surface area contributed by atoms with Gasteiger partial charge in [-0.1, -0.05) is 19.8 Å². The maximum atomic E-state index is 12.6. The number of nitrogens with one attached hydrogen (secondary N) is 1. The first-order valence-electron chi connectivity index (χ1n) is 6.00. The van der Waals surface area contributed by atoms with Crippen molar-refractivity contribution in [1.29, 1.82) is 0 Å². The van der Waals surface area contributed by atoms with Gasteiger partial charge in [-0.15, -0.1) is 0 Å². The second-order valence-electron chi connectivity index (χ2n) is 4.05. The fourth-order valence-electron chi connectivity index (χ4n) is 1.53. The highest BCUT2D eigenvalue weighted by Crippen LogP contribution is 2.34. The first kappa shape index (κ1) is 14.7. The average Bonchev–Trinajstić information content (AvgIpc) is 2.33. The number of benzene rings is 1. The minimum absolute atomic E-state index is 0.255. The van der Waals surface area contributed by atoms with Crippen molar-refractivity contribution < 1.29 is 17.9 Å². The summed E-state index contributed by atoms with van der Waals surface area (Å²) in [7, 11) is 1.58. The first-order valence-corrected chi connectivity index (χ1v) is 6.00. The normalized spacial score (nSPS) is 11.4. The molecule has 0 unspecified atom stereocenters. The molecule has 0 aliphatic rings. The van der Waals surface area contributed by atoms with Crippen LogP contribution in [0.15, 0.2) is 18.2 Å². The lowest BCUT2D eigenvalue weighted by molar-refractivity contribution is -0.137. The van der Waals surface area contributed by atoms with Crippen LogP contribution >= 0.6 is 0 Å². The molecule has 102 valence electrons. The van der Waals surface area contributed by atoms with Gasteiger partial charge in [0.05, 0.1) is 12.2 Å². The van der Waals surface area contributed by atoms with E-state index in [9.17, 15) is 13.2 Å². The van der Waals surface area contributed by atoms with Crippen LogP contribution < -0.4 is 10.1 Å². The Balaban J connectivity index is 2.78. The van der Waals surface area contributed by atoms with Gasteiger partial charge in [-0.3, -0.25) is 0 Å². The van der Waals surface area contributed by atoms with Crippen molar-refractivity contribution in [3.05, 3.63) is 23.8 Å². The van der Waals surface area contributed by atoms with E-state index in [1.807, 2.05) is 0 Å². The summed E-state index contributed by atoms with van der Waals surface area (Å²) in [5.74, 6) is 0.255. The molecule has 0 fully saturated rings. The number of halogens is 3. The summed E-state index contributed by atoms with van der Waals surface area (Å²) in [6.07, 6.45) is -1.44. The van der Waals surface area contributed by atoms with E-state index in [2.05, 4.69) is 12.2 Å². The maximum Gasteiger partial charge on any atom is 0.416 e. The summed E-state index contributed by atoms with van der Waals surface area (Å²) in [6, 6.07) is 3.67. The van der Waals surface area contributed by atoms with E-state index >= 15 is 0 Å². The molecule has 1 N–H and O–H groups in total. The SMILES string of the molecule is CCCCCOc1cc(NC)cc(C(F)(F)F)c1. The molecule has 0 saturated carbocycles. The van der Waals surface area contributed by atoms with Gasteiger partial charge in [-0.2, -0.15) is 13.2 Å². The highest BCUT2D eigenvalue weighted by atomic mass is 19.4. The van der Waals surface area contributed by atoms with Crippen LogP contribution in [-0.4, -0.2) is 13.7 Å². The zero-order chi connectivity index (χ0) is 13.6. The minimum atomic E-state index is -4.35. The molecular formula is C13H18F3NO. The molecule has 0 spiro atoms. The van der Waals surface area contributed by atoms with Gasteiger partial charge in [0.15, 0.2) is 0 Å². The van der Waals surface area contributed by atoms with Crippen LogP contribution in [-0.2, 0) is 6.18 Å². The van der Waals surface area contributed by atoms with Crippen molar-refractivity contribution in [3.63, 3.8) is 0 Å². The lowest BCUT2D eigenvalue weighted by Gasteiger charge is -2.13. The van der Waals surface area contributed by atoms with Crippen molar-refractivity contribution in [2.45, 2.75) is 32.4 Å². The summed E-state index contributed by atoms with van der Waals surface area (Å²) in [6.45, 7) is 2.50. The van der Waals surface area contributed by atoms with E-state index in [-0.39, 0.29) is 5.75 Å². The van der Waals surface area contributed by atoms with Crippen LogP contribution in [0.1, 0.15) is 31.7 Å². The summed E-state index contributed by atoms with van der Waals surface area (Å²) in [4.78, 5) is 0. The molecule has 0 aliphatic heterocycles. The predicted octanol–water partition coefficient (Wildman–Crippen LogP) is 4.32. The monoisotopic (exact) mass is 261 g/mol. The molecule has 5 heteroatoms. The Kier molecular flexibility index (Phi) is 5.31. The molecule has 1 aromatic carbocycles. The van der Waals surface area contributed by atoms with Gasteiger partial charge < -0.3 is 10.1 Å². The quantitative estimate of drug-likeness (QED) is 0.770. The van der Waals surface area contributed by atoms with Gasteiger partial charge in [0.1, 0.15) is 5.75 Å². The highest BCUT2D eigenvalue weighted by molar-refractivity contribution is 5.51. The largest absolute Gasteiger partial charge is 0.494 e. The van der Waals surface area contributed by atoms with Crippen molar-refractivity contribution in [2.75, 3.05) is 19.0 Å². The van der Waals surface area contributed by atoms with E-state index in [1.165, 1.54) is 0 Å². The Morgan fingerprint density at radius 2 is 1.89 bits per heavy atom. The van der Waals surface area contributed by atoms with Crippen LogP contribution in [0.5, 0.6) is 5.75 Å². The molecule has 0 amide bonds. The van der Waals surface area contributed by atoms with Crippen LogP contribution in [0.4, 0.5) is 18.9 Å². The molecule has 0 saturated heterocycles. The Labute approximate surface area is 105 Å². The molecule has 0 heterocycles. The first-order chi connectivity index (χ1) is 8.47. The molecular weight excluding hydrogens is 243 g/mol. The van der Waals surface area contributed by atoms with Gasteiger partial charge in [-0.05, 0) is 18.6 Å². The number of rotatable bonds is 6. The molecule has 1 rings (SSSR count). The van der Waals surface area contributed by atoms with E-state index in [0.717, 1.165) is 31.4 Å². The van der Waals surface area contributed by atoms with Crippen LogP contribution in [0, 0.1) is 0 Å². The summed E-state index contributed by atoms with van der Waals surface area (Å²) in [5, 5.41) is 2.70. The molecule has 0 aliphatic carbocycles. The minimum Gasteiger partial charge on any atom is -0.494 e. The second-order valence-corrected chi connectivity index (χ2v) is 4.05. The predicted molar refractivity (Wildman–Crippen MR) is 66.0 cm³/mol. The summed E-state index contributed by atoms with van der Waals surface area (Å²) >= 11 is 0. The lowest BCUT2D eigenvalue weighted by atomic mass is 10.2. The number of hydrogen-bond donors (Lipinski definition) is 1. The van der Waals surface area contributed by atoms with Gasteiger partial charge in [0.25, 0.3) is 0 Å². The number of alkyl halides is 3. The Morgan fingerprint density at radius 3 is 2.44 bits per heavy atom. The molecule has 0 aromatic heterocycles. The summed E-state index contributed by atoms with van der Waals surface area (Å²) < 4.78 is 43.3. The maximum absolute atomic E-state index is 12.6. The van der Waals surface area contributed by atoms with Crippen molar-refractivity contribution in [1.82, 2.24) is 0 Å². The van der Waals surface area contributed by atoms with E-state index in [4.69, 9.17) is 4.74 Å². The molecule has 2 nitrogen and oxygen atoms in total. The summed E-state index contributed by atoms with van der Waals surface area (Å²) in [5.41, 5.74) is -0.296. The van der Waals surface area contributed by atoms with Gasteiger partial charge in [0.2, 0.25) is 0 Å². The number of anilines is 1. The fraction of sp³-hybridized carbons (Fsp3) is 0.538. The van der Waals surface area contributed by atoms with Gasteiger partial charge in [-0.25, -0.2) is 0 Å². The van der Waals surface area contributed by atoms with Crippen LogP contribution in [0.2, 0.25) is 0 Å².